The van der Waals surface area contributed by atoms with Crippen LogP contribution >= 0.6 is 11.6 Å². The Hall–Kier alpha value is -2.40. The maximum absolute atomic E-state index is 13.4. The highest BCUT2D eigenvalue weighted by molar-refractivity contribution is 6.28. The van der Waals surface area contributed by atoms with Crippen molar-refractivity contribution < 1.29 is 22.3 Å². The topological polar surface area (TPSA) is 58.8 Å². The highest BCUT2D eigenvalue weighted by Crippen LogP contribution is 2.38. The van der Waals surface area contributed by atoms with Crippen LogP contribution in [0.4, 0.5) is 17.6 Å². The van der Waals surface area contributed by atoms with Gasteiger partial charge in [-0.1, -0.05) is 0 Å². The molecule has 1 aromatic heterocycles. The SMILES string of the molecule is N#Cc1ccc(Oc2nc(Cl)ncc2F)c(C(F)(F)F)c1. The summed E-state index contributed by atoms with van der Waals surface area (Å²) in [6, 6.07) is 4.17. The first-order valence-electron chi connectivity index (χ1n) is 5.28. The van der Waals surface area contributed by atoms with Crippen LogP contribution in [-0.2, 0) is 6.18 Å². The van der Waals surface area contributed by atoms with Crippen LogP contribution in [0, 0.1) is 17.1 Å². The number of nitriles is 1. The van der Waals surface area contributed by atoms with Gasteiger partial charge in [-0.2, -0.15) is 27.8 Å². The third-order valence-electron chi connectivity index (χ3n) is 2.30. The van der Waals surface area contributed by atoms with Crippen molar-refractivity contribution in [1.82, 2.24) is 9.97 Å². The third-order valence-corrected chi connectivity index (χ3v) is 2.49. The number of rotatable bonds is 2. The molecule has 0 saturated heterocycles. The Labute approximate surface area is 120 Å². The number of nitrogens with zero attached hydrogens (tertiary/aromatic N) is 3. The Morgan fingerprint density at radius 1 is 1.29 bits per heavy atom. The summed E-state index contributed by atoms with van der Waals surface area (Å²) >= 11 is 5.43. The Bertz CT molecular complexity index is 727. The summed E-state index contributed by atoms with van der Waals surface area (Å²) < 4.78 is 56.9. The van der Waals surface area contributed by atoms with Crippen molar-refractivity contribution in [2.24, 2.45) is 0 Å². The quantitative estimate of drug-likeness (QED) is 0.621. The van der Waals surface area contributed by atoms with Gasteiger partial charge in [0.15, 0.2) is 0 Å². The molecule has 0 spiro atoms. The van der Waals surface area contributed by atoms with E-state index in [1.54, 1.807) is 6.07 Å². The van der Waals surface area contributed by atoms with Gasteiger partial charge in [0.25, 0.3) is 5.88 Å². The predicted molar refractivity (Wildman–Crippen MR) is 63.2 cm³/mol. The minimum absolute atomic E-state index is 0.212. The summed E-state index contributed by atoms with van der Waals surface area (Å²) in [5.41, 5.74) is -1.44. The largest absolute Gasteiger partial charge is 0.436 e. The van der Waals surface area contributed by atoms with Gasteiger partial charge >= 0.3 is 6.18 Å². The van der Waals surface area contributed by atoms with Crippen molar-refractivity contribution in [2.75, 3.05) is 0 Å². The van der Waals surface area contributed by atoms with Gasteiger partial charge in [0.1, 0.15) is 5.75 Å². The first kappa shape index (κ1) is 15.0. The molecule has 0 N–H and O–H groups in total. The van der Waals surface area contributed by atoms with Gasteiger partial charge < -0.3 is 4.74 Å². The zero-order chi connectivity index (χ0) is 15.6. The average Bonchev–Trinajstić information content (AvgIpc) is 2.42. The summed E-state index contributed by atoms with van der Waals surface area (Å²) in [4.78, 5) is 6.67. The standard InChI is InChI=1S/C12H4ClF4N3O/c13-11-19-5-8(14)10(20-11)21-9-2-1-6(4-18)3-7(9)12(15,16)17/h1-3,5H. The molecule has 1 heterocycles. The van der Waals surface area contributed by atoms with Gasteiger partial charge in [-0.3, -0.25) is 0 Å². The molecule has 21 heavy (non-hydrogen) atoms. The molecule has 0 atom stereocenters. The molecular formula is C12H4ClF4N3O. The van der Waals surface area contributed by atoms with Crippen LogP contribution < -0.4 is 4.74 Å². The second-order valence-corrected chi connectivity index (χ2v) is 4.05. The Kier molecular flexibility index (Phi) is 3.95. The Balaban J connectivity index is 2.49. The maximum Gasteiger partial charge on any atom is 0.420 e. The summed E-state index contributed by atoms with van der Waals surface area (Å²) in [7, 11) is 0. The van der Waals surface area contributed by atoms with E-state index >= 15 is 0 Å². The minimum Gasteiger partial charge on any atom is -0.436 e. The molecule has 2 aromatic rings. The molecule has 0 radical (unpaired) electrons. The number of benzene rings is 1. The molecule has 0 aliphatic heterocycles. The lowest BCUT2D eigenvalue weighted by atomic mass is 10.1. The lowest BCUT2D eigenvalue weighted by Gasteiger charge is -2.13. The van der Waals surface area contributed by atoms with Crippen molar-refractivity contribution in [2.45, 2.75) is 6.18 Å². The van der Waals surface area contributed by atoms with E-state index in [1.165, 1.54) is 0 Å². The molecule has 1 aromatic carbocycles. The number of halogens is 5. The molecule has 0 saturated carbocycles. The monoisotopic (exact) mass is 317 g/mol. The number of ether oxygens (including phenoxy) is 1. The zero-order valence-corrected chi connectivity index (χ0v) is 10.7. The van der Waals surface area contributed by atoms with Gasteiger partial charge in [-0.15, -0.1) is 0 Å². The summed E-state index contributed by atoms with van der Waals surface area (Å²) in [6.45, 7) is 0. The molecule has 4 nitrogen and oxygen atoms in total. The average molecular weight is 318 g/mol. The van der Waals surface area contributed by atoms with Crippen molar-refractivity contribution in [3.63, 3.8) is 0 Å². The van der Waals surface area contributed by atoms with E-state index in [2.05, 4.69) is 9.97 Å². The minimum atomic E-state index is -4.78. The summed E-state index contributed by atoms with van der Waals surface area (Å²) in [6.07, 6.45) is -4.11. The van der Waals surface area contributed by atoms with Crippen molar-refractivity contribution in [3.05, 3.63) is 46.6 Å². The molecule has 9 heteroatoms. The second kappa shape index (κ2) is 5.54. The van der Waals surface area contributed by atoms with Gasteiger partial charge in [0.2, 0.25) is 11.1 Å². The second-order valence-electron chi connectivity index (χ2n) is 3.71. The van der Waals surface area contributed by atoms with Crippen LogP contribution in [0.25, 0.3) is 0 Å². The molecular weight excluding hydrogens is 314 g/mol. The van der Waals surface area contributed by atoms with Crippen LogP contribution in [-0.4, -0.2) is 9.97 Å². The smallest absolute Gasteiger partial charge is 0.420 e. The van der Waals surface area contributed by atoms with Crippen molar-refractivity contribution >= 4 is 11.6 Å². The third kappa shape index (κ3) is 3.38. The number of aromatic nitrogens is 2. The number of hydrogen-bond donors (Lipinski definition) is 0. The van der Waals surface area contributed by atoms with Crippen LogP contribution in [0.5, 0.6) is 11.6 Å². The normalized spacial score (nSPS) is 11.0. The Morgan fingerprint density at radius 2 is 2.00 bits per heavy atom. The number of alkyl halides is 3. The molecule has 0 unspecified atom stereocenters. The molecule has 0 fully saturated rings. The van der Waals surface area contributed by atoms with E-state index in [0.717, 1.165) is 12.1 Å². The first-order valence-corrected chi connectivity index (χ1v) is 5.66. The maximum atomic E-state index is 13.4. The van der Waals surface area contributed by atoms with Gasteiger partial charge in [0, 0.05) is 0 Å². The fourth-order valence-corrected chi connectivity index (χ4v) is 1.54. The lowest BCUT2D eigenvalue weighted by molar-refractivity contribution is -0.138. The molecule has 0 amide bonds. The van der Waals surface area contributed by atoms with Crippen LogP contribution in [0.2, 0.25) is 5.28 Å². The van der Waals surface area contributed by atoms with Crippen LogP contribution in [0.15, 0.2) is 24.4 Å². The van der Waals surface area contributed by atoms with Crippen LogP contribution in [0.3, 0.4) is 0 Å². The van der Waals surface area contributed by atoms with E-state index in [9.17, 15) is 17.6 Å². The molecule has 0 bridgehead atoms. The summed E-state index contributed by atoms with van der Waals surface area (Å²) in [5.74, 6) is -2.52. The Morgan fingerprint density at radius 3 is 2.62 bits per heavy atom. The van der Waals surface area contributed by atoms with E-state index < -0.39 is 29.2 Å². The fourth-order valence-electron chi connectivity index (χ4n) is 1.42. The molecule has 0 aliphatic rings. The molecule has 108 valence electrons. The van der Waals surface area contributed by atoms with E-state index in [1.807, 2.05) is 0 Å². The van der Waals surface area contributed by atoms with Crippen molar-refractivity contribution in [3.8, 4) is 17.7 Å². The highest BCUT2D eigenvalue weighted by atomic mass is 35.5. The zero-order valence-electron chi connectivity index (χ0n) is 9.95. The van der Waals surface area contributed by atoms with Crippen molar-refractivity contribution in [1.29, 1.82) is 5.26 Å². The first-order chi connectivity index (χ1) is 9.81. The predicted octanol–water partition coefficient (Wildman–Crippen LogP) is 3.95. The van der Waals surface area contributed by atoms with Gasteiger partial charge in [-0.05, 0) is 29.8 Å². The fraction of sp³-hybridized carbons (Fsp3) is 0.0833. The summed E-state index contributed by atoms with van der Waals surface area (Å²) in [5, 5.41) is 8.25. The van der Waals surface area contributed by atoms with E-state index in [-0.39, 0.29) is 10.8 Å². The molecule has 2 rings (SSSR count). The number of hydrogen-bond acceptors (Lipinski definition) is 4. The van der Waals surface area contributed by atoms with E-state index in [0.29, 0.717) is 12.3 Å². The lowest BCUT2D eigenvalue weighted by Crippen LogP contribution is -2.08. The van der Waals surface area contributed by atoms with Gasteiger partial charge in [-0.25, -0.2) is 4.98 Å². The molecule has 0 aliphatic carbocycles. The van der Waals surface area contributed by atoms with Crippen LogP contribution in [0.1, 0.15) is 11.1 Å². The van der Waals surface area contributed by atoms with Gasteiger partial charge in [0.05, 0.1) is 23.4 Å². The highest BCUT2D eigenvalue weighted by Gasteiger charge is 2.35. The van der Waals surface area contributed by atoms with E-state index in [4.69, 9.17) is 21.6 Å².